The zero-order chi connectivity index (χ0) is 21.2. The van der Waals surface area contributed by atoms with Gasteiger partial charge in [-0.2, -0.15) is 0 Å². The standard InChI is InChI=1S/C25H20FN3O2/c26-21-9-2-1-7-19(21)18-10-11-22(28-15-18)23-16-29(13-14-31-23)25(30)20-8-3-5-17-6-4-12-27-24(17)20/h1-12,15,23H,13-14,16H2/t23-/m1/s1. The lowest BCUT2D eigenvalue weighted by Gasteiger charge is -2.33. The molecule has 0 bridgehead atoms. The molecule has 154 valence electrons. The van der Waals surface area contributed by atoms with Crippen LogP contribution in [0.3, 0.4) is 0 Å². The molecule has 5 rings (SSSR count). The molecule has 0 saturated carbocycles. The van der Waals surface area contributed by atoms with E-state index in [0.29, 0.717) is 47.6 Å². The molecule has 2 aromatic carbocycles. The van der Waals surface area contributed by atoms with Crippen molar-refractivity contribution in [2.45, 2.75) is 6.10 Å². The maximum atomic E-state index is 14.0. The van der Waals surface area contributed by atoms with Gasteiger partial charge in [-0.3, -0.25) is 14.8 Å². The quantitative estimate of drug-likeness (QED) is 0.491. The molecule has 2 aromatic heterocycles. The van der Waals surface area contributed by atoms with E-state index in [0.717, 1.165) is 5.39 Å². The van der Waals surface area contributed by atoms with Gasteiger partial charge < -0.3 is 9.64 Å². The van der Waals surface area contributed by atoms with Crippen molar-refractivity contribution in [3.05, 3.63) is 96.2 Å². The van der Waals surface area contributed by atoms with E-state index >= 15 is 0 Å². The summed E-state index contributed by atoms with van der Waals surface area (Å²) in [5.74, 6) is -0.355. The Morgan fingerprint density at radius 3 is 2.71 bits per heavy atom. The fourth-order valence-corrected chi connectivity index (χ4v) is 3.91. The van der Waals surface area contributed by atoms with Gasteiger partial charge in [0.05, 0.1) is 29.9 Å². The molecule has 0 aliphatic carbocycles. The van der Waals surface area contributed by atoms with Crippen molar-refractivity contribution in [2.75, 3.05) is 19.7 Å². The van der Waals surface area contributed by atoms with Crippen LogP contribution >= 0.6 is 0 Å². The summed E-state index contributed by atoms with van der Waals surface area (Å²) in [6, 6.07) is 19.7. The number of para-hydroxylation sites is 1. The Kier molecular flexibility index (Phi) is 5.14. The fourth-order valence-electron chi connectivity index (χ4n) is 3.91. The van der Waals surface area contributed by atoms with Crippen molar-refractivity contribution in [3.8, 4) is 11.1 Å². The largest absolute Gasteiger partial charge is 0.368 e. The summed E-state index contributed by atoms with van der Waals surface area (Å²) in [7, 11) is 0. The van der Waals surface area contributed by atoms with Gasteiger partial charge >= 0.3 is 0 Å². The number of benzene rings is 2. The van der Waals surface area contributed by atoms with E-state index in [1.54, 1.807) is 35.5 Å². The number of nitrogens with zero attached hydrogens (tertiary/aromatic N) is 3. The van der Waals surface area contributed by atoms with Gasteiger partial charge in [0.25, 0.3) is 5.91 Å². The number of halogens is 1. The molecule has 1 aliphatic rings. The molecule has 4 aromatic rings. The predicted octanol–water partition coefficient (Wildman–Crippen LogP) is 4.65. The first kappa shape index (κ1) is 19.3. The third-order valence-electron chi connectivity index (χ3n) is 5.52. The third kappa shape index (κ3) is 3.78. The van der Waals surface area contributed by atoms with Crippen LogP contribution in [0.5, 0.6) is 0 Å². The van der Waals surface area contributed by atoms with E-state index in [1.165, 1.54) is 6.07 Å². The average Bonchev–Trinajstić information content (AvgIpc) is 2.84. The highest BCUT2D eigenvalue weighted by Crippen LogP contribution is 2.27. The fraction of sp³-hybridized carbons (Fsp3) is 0.160. The number of carbonyl (C=O) groups excluding carboxylic acids is 1. The van der Waals surface area contributed by atoms with Gasteiger partial charge in [0, 0.05) is 35.5 Å². The number of rotatable bonds is 3. The molecule has 0 spiro atoms. The summed E-state index contributed by atoms with van der Waals surface area (Å²) in [4.78, 5) is 23.9. The maximum absolute atomic E-state index is 14.0. The minimum atomic E-state index is -0.338. The van der Waals surface area contributed by atoms with Crippen LogP contribution in [-0.4, -0.2) is 40.5 Å². The molecule has 0 N–H and O–H groups in total. The lowest BCUT2D eigenvalue weighted by atomic mass is 10.1. The van der Waals surface area contributed by atoms with Crippen molar-refractivity contribution >= 4 is 16.8 Å². The lowest BCUT2D eigenvalue weighted by molar-refractivity contribution is -0.0246. The van der Waals surface area contributed by atoms with Gasteiger partial charge in [-0.05, 0) is 24.3 Å². The SMILES string of the molecule is O=C(c1cccc2cccnc12)N1CCO[C@@H](c2ccc(-c3ccccc3F)cn2)C1. The molecule has 1 fully saturated rings. The van der Waals surface area contributed by atoms with E-state index in [-0.39, 0.29) is 17.8 Å². The minimum absolute atomic E-state index is 0.0689. The number of carbonyl (C=O) groups is 1. The van der Waals surface area contributed by atoms with Gasteiger partial charge in [0.1, 0.15) is 11.9 Å². The summed E-state index contributed by atoms with van der Waals surface area (Å²) in [5.41, 5.74) is 3.21. The average molecular weight is 413 g/mol. The number of morpholine rings is 1. The van der Waals surface area contributed by atoms with Crippen LogP contribution in [-0.2, 0) is 4.74 Å². The second-order valence-corrected chi connectivity index (χ2v) is 7.44. The molecular formula is C25H20FN3O2. The smallest absolute Gasteiger partial charge is 0.256 e. The number of amides is 1. The van der Waals surface area contributed by atoms with Crippen LogP contribution < -0.4 is 0 Å². The molecule has 5 nitrogen and oxygen atoms in total. The van der Waals surface area contributed by atoms with Crippen LogP contribution in [0.2, 0.25) is 0 Å². The van der Waals surface area contributed by atoms with Crippen LogP contribution in [0.25, 0.3) is 22.0 Å². The molecule has 6 heteroatoms. The Hall–Kier alpha value is -3.64. The molecule has 1 saturated heterocycles. The first-order valence-corrected chi connectivity index (χ1v) is 10.2. The summed E-state index contributed by atoms with van der Waals surface area (Å²) < 4.78 is 19.9. The molecule has 0 radical (unpaired) electrons. The topological polar surface area (TPSA) is 55.3 Å². The maximum Gasteiger partial charge on any atom is 0.256 e. The van der Waals surface area contributed by atoms with Gasteiger partial charge in [-0.25, -0.2) is 4.39 Å². The molecule has 0 unspecified atom stereocenters. The van der Waals surface area contributed by atoms with Crippen LogP contribution in [0.4, 0.5) is 4.39 Å². The first-order valence-electron chi connectivity index (χ1n) is 10.2. The number of hydrogen-bond acceptors (Lipinski definition) is 4. The molecule has 1 amide bonds. The van der Waals surface area contributed by atoms with E-state index < -0.39 is 0 Å². The first-order chi connectivity index (χ1) is 15.2. The molecular weight excluding hydrogens is 393 g/mol. The molecule has 1 aliphatic heterocycles. The van der Waals surface area contributed by atoms with Gasteiger partial charge in [0.15, 0.2) is 0 Å². The number of aromatic nitrogens is 2. The summed E-state index contributed by atoms with van der Waals surface area (Å²) in [5, 5.41) is 0.934. The van der Waals surface area contributed by atoms with Crippen molar-refractivity contribution in [2.24, 2.45) is 0 Å². The van der Waals surface area contributed by atoms with Crippen LogP contribution in [0.1, 0.15) is 22.2 Å². The Balaban J connectivity index is 1.37. The number of hydrogen-bond donors (Lipinski definition) is 0. The van der Waals surface area contributed by atoms with Crippen molar-refractivity contribution in [1.82, 2.24) is 14.9 Å². The summed E-state index contributed by atoms with van der Waals surface area (Å²) in [6.45, 7) is 1.32. The monoisotopic (exact) mass is 413 g/mol. The highest BCUT2D eigenvalue weighted by atomic mass is 19.1. The number of fused-ring (bicyclic) bond motifs is 1. The van der Waals surface area contributed by atoms with Crippen LogP contribution in [0.15, 0.2) is 79.1 Å². The second kappa shape index (κ2) is 8.24. The zero-order valence-electron chi connectivity index (χ0n) is 16.7. The Bertz CT molecular complexity index is 1240. The second-order valence-electron chi connectivity index (χ2n) is 7.44. The van der Waals surface area contributed by atoms with Gasteiger partial charge in [0.2, 0.25) is 0 Å². The van der Waals surface area contributed by atoms with Gasteiger partial charge in [-0.15, -0.1) is 0 Å². The third-order valence-corrected chi connectivity index (χ3v) is 5.52. The Morgan fingerprint density at radius 1 is 1.00 bits per heavy atom. The molecule has 1 atom stereocenters. The predicted molar refractivity (Wildman–Crippen MR) is 116 cm³/mol. The highest BCUT2D eigenvalue weighted by molar-refractivity contribution is 6.05. The Labute approximate surface area is 179 Å². The van der Waals surface area contributed by atoms with Crippen molar-refractivity contribution < 1.29 is 13.9 Å². The van der Waals surface area contributed by atoms with E-state index in [4.69, 9.17) is 4.74 Å². The van der Waals surface area contributed by atoms with Crippen molar-refractivity contribution in [1.29, 1.82) is 0 Å². The van der Waals surface area contributed by atoms with E-state index in [1.807, 2.05) is 42.5 Å². The minimum Gasteiger partial charge on any atom is -0.368 e. The van der Waals surface area contributed by atoms with Crippen LogP contribution in [0, 0.1) is 5.82 Å². The zero-order valence-corrected chi connectivity index (χ0v) is 16.7. The highest BCUT2D eigenvalue weighted by Gasteiger charge is 2.28. The normalized spacial score (nSPS) is 16.4. The van der Waals surface area contributed by atoms with E-state index in [2.05, 4.69) is 9.97 Å². The Morgan fingerprint density at radius 2 is 1.87 bits per heavy atom. The summed E-state index contributed by atoms with van der Waals surface area (Å²) >= 11 is 0. The van der Waals surface area contributed by atoms with Crippen molar-refractivity contribution in [3.63, 3.8) is 0 Å². The van der Waals surface area contributed by atoms with E-state index in [9.17, 15) is 9.18 Å². The lowest BCUT2D eigenvalue weighted by Crippen LogP contribution is -2.42. The summed E-state index contributed by atoms with van der Waals surface area (Å²) in [6.07, 6.45) is 3.00. The number of pyridine rings is 2. The molecule has 3 heterocycles. The number of ether oxygens (including phenoxy) is 1. The van der Waals surface area contributed by atoms with Gasteiger partial charge in [-0.1, -0.05) is 42.5 Å². The molecule has 31 heavy (non-hydrogen) atoms.